The number of hydrazone groups is 1. The van der Waals surface area contributed by atoms with Crippen molar-refractivity contribution in [3.63, 3.8) is 0 Å². The summed E-state index contributed by atoms with van der Waals surface area (Å²) >= 11 is 1.40. The lowest BCUT2D eigenvalue weighted by molar-refractivity contribution is -0.116. The molecule has 0 spiro atoms. The van der Waals surface area contributed by atoms with Crippen LogP contribution in [0.15, 0.2) is 65.2 Å². The van der Waals surface area contributed by atoms with E-state index in [1.54, 1.807) is 25.3 Å². The minimum atomic E-state index is -0.574. The first-order valence-electron chi connectivity index (χ1n) is 8.99. The molecule has 1 N–H and O–H groups in total. The number of carbonyl (C=O) groups is 1. The van der Waals surface area contributed by atoms with Gasteiger partial charge in [0.15, 0.2) is 22.8 Å². The Morgan fingerprint density at radius 2 is 2.03 bits per heavy atom. The highest BCUT2D eigenvalue weighted by Gasteiger charge is 2.36. The number of hydrogen-bond acceptors (Lipinski definition) is 7. The quantitative estimate of drug-likeness (QED) is 0.763. The Balaban J connectivity index is 1.95. The predicted octanol–water partition coefficient (Wildman–Crippen LogP) is 1.77. The minimum absolute atomic E-state index is 0.222. The third-order valence-electron chi connectivity index (χ3n) is 4.56. The van der Waals surface area contributed by atoms with Gasteiger partial charge in [0.2, 0.25) is 0 Å². The van der Waals surface area contributed by atoms with Crippen LogP contribution < -0.4 is 25.4 Å². The van der Waals surface area contributed by atoms with Crippen molar-refractivity contribution >= 4 is 28.5 Å². The summed E-state index contributed by atoms with van der Waals surface area (Å²) in [5.41, 5.74) is 1.21. The number of benzene rings is 2. The average Bonchev–Trinajstić information content (AvgIpc) is 2.76. The summed E-state index contributed by atoms with van der Waals surface area (Å²) in [6.45, 7) is 3.72. The van der Waals surface area contributed by atoms with Gasteiger partial charge in [-0.1, -0.05) is 48.2 Å². The fourth-order valence-electron chi connectivity index (χ4n) is 3.35. The molecule has 2 aromatic rings. The third kappa shape index (κ3) is 3.36. The maximum absolute atomic E-state index is 13.0. The number of fused-ring (bicyclic) bond motifs is 2. The van der Waals surface area contributed by atoms with E-state index in [9.17, 15) is 4.79 Å². The van der Waals surface area contributed by atoms with Crippen LogP contribution in [0.1, 0.15) is 11.7 Å². The van der Waals surface area contributed by atoms with Crippen LogP contribution in [0.5, 0.6) is 11.5 Å². The predicted molar refractivity (Wildman–Crippen MR) is 113 cm³/mol. The fourth-order valence-corrected chi connectivity index (χ4v) is 3.93. The summed E-state index contributed by atoms with van der Waals surface area (Å²) in [6, 6.07) is 13.1. The van der Waals surface area contributed by atoms with Gasteiger partial charge >= 0.3 is 0 Å². The van der Waals surface area contributed by atoms with Crippen LogP contribution in [-0.4, -0.2) is 36.1 Å². The number of amidine groups is 1. The van der Waals surface area contributed by atoms with Crippen molar-refractivity contribution in [2.45, 2.75) is 6.17 Å². The van der Waals surface area contributed by atoms with Gasteiger partial charge in [-0.25, -0.2) is 5.01 Å². The van der Waals surface area contributed by atoms with Crippen LogP contribution in [0.4, 0.5) is 0 Å². The maximum Gasteiger partial charge on any atom is 0.276 e. The number of methoxy groups -OCH3 is 2. The molecular formula is C21H20N4O3S. The second-order valence-corrected chi connectivity index (χ2v) is 7.26. The first-order valence-corrected chi connectivity index (χ1v) is 9.97. The van der Waals surface area contributed by atoms with Gasteiger partial charge in [0.05, 0.1) is 19.6 Å². The van der Waals surface area contributed by atoms with Crippen molar-refractivity contribution in [1.82, 2.24) is 10.3 Å². The molecule has 29 heavy (non-hydrogen) atoms. The van der Waals surface area contributed by atoms with E-state index in [1.807, 2.05) is 42.5 Å². The number of rotatable bonds is 5. The Morgan fingerprint density at radius 3 is 2.79 bits per heavy atom. The summed E-state index contributed by atoms with van der Waals surface area (Å²) in [4.78, 5) is 17.9. The zero-order chi connectivity index (χ0) is 20.4. The summed E-state index contributed by atoms with van der Waals surface area (Å²) in [5, 5.41) is 11.2. The molecule has 7 nitrogen and oxygen atoms in total. The molecule has 4 rings (SSSR count). The first kappa shape index (κ1) is 19.1. The second-order valence-electron chi connectivity index (χ2n) is 6.25. The summed E-state index contributed by atoms with van der Waals surface area (Å²) in [6.07, 6.45) is 1.19. The van der Waals surface area contributed by atoms with Gasteiger partial charge in [0.25, 0.3) is 5.91 Å². The van der Waals surface area contributed by atoms with Gasteiger partial charge in [-0.05, 0) is 12.1 Å². The molecule has 1 unspecified atom stereocenters. The number of nitrogens with zero attached hydrogens (tertiary/aromatic N) is 3. The minimum Gasteiger partial charge on any atom is -0.493 e. The largest absolute Gasteiger partial charge is 0.493 e. The highest BCUT2D eigenvalue weighted by Crippen LogP contribution is 2.40. The Hall–Kier alpha value is -3.26. The van der Waals surface area contributed by atoms with Gasteiger partial charge < -0.3 is 9.47 Å². The van der Waals surface area contributed by atoms with Crippen LogP contribution in [-0.2, 0) is 4.79 Å². The molecule has 0 fully saturated rings. The Labute approximate surface area is 172 Å². The Morgan fingerprint density at radius 1 is 1.21 bits per heavy atom. The average molecular weight is 408 g/mol. The highest BCUT2D eigenvalue weighted by atomic mass is 32.2. The van der Waals surface area contributed by atoms with Crippen LogP contribution in [0.25, 0.3) is 5.70 Å². The number of carbonyl (C=O) groups excluding carboxylic acids is 1. The number of hydrogen-bond donors (Lipinski definition) is 1. The molecule has 1 amide bonds. The van der Waals surface area contributed by atoms with E-state index in [1.165, 1.54) is 11.8 Å². The summed E-state index contributed by atoms with van der Waals surface area (Å²) in [5.74, 6) is 1.56. The molecular weight excluding hydrogens is 388 g/mol. The second kappa shape index (κ2) is 8.00. The van der Waals surface area contributed by atoms with E-state index in [2.05, 4.69) is 17.0 Å². The van der Waals surface area contributed by atoms with E-state index >= 15 is 0 Å². The van der Waals surface area contributed by atoms with Crippen LogP contribution in [0.2, 0.25) is 0 Å². The van der Waals surface area contributed by atoms with E-state index in [-0.39, 0.29) is 5.91 Å². The SMILES string of the molecule is C=CCSC1=NN2C(=c3ccccc3=NC2c2cccc(OC)c2OC)C(=O)N1. The molecule has 0 aliphatic carbocycles. The molecule has 2 heterocycles. The number of thioether (sulfide) groups is 1. The Kier molecular flexibility index (Phi) is 5.26. The number of ether oxygens (including phenoxy) is 2. The van der Waals surface area contributed by atoms with Gasteiger partial charge in [0, 0.05) is 16.5 Å². The zero-order valence-corrected chi connectivity index (χ0v) is 16.9. The van der Waals surface area contributed by atoms with E-state index in [4.69, 9.17) is 14.5 Å². The Bertz CT molecular complexity index is 1130. The van der Waals surface area contributed by atoms with Crippen molar-refractivity contribution in [3.8, 4) is 11.5 Å². The number of nitrogens with one attached hydrogen (secondary N) is 1. The number of para-hydroxylation sites is 2. The molecule has 0 saturated carbocycles. The highest BCUT2D eigenvalue weighted by molar-refractivity contribution is 8.14. The van der Waals surface area contributed by atoms with Crippen LogP contribution in [0, 0.1) is 0 Å². The fraction of sp³-hybridized carbons (Fsp3) is 0.190. The van der Waals surface area contributed by atoms with Crippen molar-refractivity contribution in [3.05, 3.63) is 71.3 Å². The van der Waals surface area contributed by atoms with Crippen molar-refractivity contribution < 1.29 is 14.3 Å². The number of amides is 1. The van der Waals surface area contributed by atoms with Crippen molar-refractivity contribution in [1.29, 1.82) is 0 Å². The molecule has 0 aromatic heterocycles. The van der Waals surface area contributed by atoms with Crippen molar-refractivity contribution in [2.75, 3.05) is 20.0 Å². The lowest BCUT2D eigenvalue weighted by atomic mass is 10.1. The van der Waals surface area contributed by atoms with E-state index in [0.29, 0.717) is 28.1 Å². The molecule has 0 saturated heterocycles. The van der Waals surface area contributed by atoms with Crippen LogP contribution in [0.3, 0.4) is 0 Å². The molecule has 0 radical (unpaired) electrons. The summed E-state index contributed by atoms with van der Waals surface area (Å²) in [7, 11) is 3.17. The third-order valence-corrected chi connectivity index (χ3v) is 5.42. The van der Waals surface area contributed by atoms with E-state index < -0.39 is 6.17 Å². The standard InChI is InChI=1S/C21H20N4O3S/c1-4-12-29-21-23-20(26)17-13-8-5-6-10-15(13)22-19(25(17)24-21)14-9-7-11-16(27-2)18(14)28-3/h4-11,19H,1,12H2,2-3H3,(H,23,24,26). The maximum atomic E-state index is 13.0. The molecule has 1 atom stereocenters. The van der Waals surface area contributed by atoms with Gasteiger partial charge in [-0.2, -0.15) is 0 Å². The molecule has 2 aliphatic rings. The smallest absolute Gasteiger partial charge is 0.276 e. The van der Waals surface area contributed by atoms with Gasteiger partial charge in [-0.3, -0.25) is 15.1 Å². The molecule has 148 valence electrons. The lowest BCUT2D eigenvalue weighted by Crippen LogP contribution is -2.50. The summed E-state index contributed by atoms with van der Waals surface area (Å²) < 4.78 is 11.1. The lowest BCUT2D eigenvalue weighted by Gasteiger charge is -2.34. The van der Waals surface area contributed by atoms with Gasteiger partial charge in [0.1, 0.15) is 5.70 Å². The first-order chi connectivity index (χ1) is 14.2. The monoisotopic (exact) mass is 408 g/mol. The molecule has 2 aromatic carbocycles. The normalized spacial score (nSPS) is 17.4. The zero-order valence-electron chi connectivity index (χ0n) is 16.1. The van der Waals surface area contributed by atoms with Crippen LogP contribution >= 0.6 is 11.8 Å². The van der Waals surface area contributed by atoms with Crippen molar-refractivity contribution in [2.24, 2.45) is 10.1 Å². The van der Waals surface area contributed by atoms with E-state index in [0.717, 1.165) is 16.1 Å². The van der Waals surface area contributed by atoms with Gasteiger partial charge in [-0.15, -0.1) is 11.7 Å². The molecule has 8 heteroatoms. The topological polar surface area (TPSA) is 75.5 Å². The molecule has 0 bridgehead atoms. The molecule has 2 aliphatic heterocycles.